The van der Waals surface area contributed by atoms with E-state index in [1.807, 2.05) is 155 Å². The number of fused-ring (bicyclic) bond motifs is 1. The van der Waals surface area contributed by atoms with E-state index in [4.69, 9.17) is 127 Å². The van der Waals surface area contributed by atoms with Gasteiger partial charge in [-0.2, -0.15) is 34.9 Å². The van der Waals surface area contributed by atoms with E-state index < -0.39 is 0 Å². The Labute approximate surface area is 719 Å². The maximum absolute atomic E-state index is 11.2. The first kappa shape index (κ1) is 88.2. The summed E-state index contributed by atoms with van der Waals surface area (Å²) in [5.74, 6) is 1.95. The lowest BCUT2D eigenvalue weighted by Crippen LogP contribution is -2.12. The van der Waals surface area contributed by atoms with Crippen LogP contribution in [0.15, 0.2) is 179 Å². The number of rotatable bonds is 10. The van der Waals surface area contributed by atoms with Crippen molar-refractivity contribution in [1.82, 2.24) is 111 Å². The van der Waals surface area contributed by atoms with Gasteiger partial charge in [-0.25, -0.2) is 4.99 Å². The van der Waals surface area contributed by atoms with E-state index in [0.29, 0.717) is 105 Å². The molecule has 0 fully saturated rings. The zero-order valence-electron chi connectivity index (χ0n) is 62.5. The van der Waals surface area contributed by atoms with E-state index in [1.165, 1.54) is 6.92 Å². The van der Waals surface area contributed by atoms with Crippen LogP contribution in [0.25, 0.3) is 89.6 Å². The Morgan fingerprint density at radius 2 is 0.763 bits per heavy atom. The topological polar surface area (TPSA) is 628 Å². The molecule has 0 atom stereocenters. The molecule has 44 heteroatoms. The zero-order valence-corrected chi connectivity index (χ0v) is 70.0. The number of carbonyl (C=O) groups is 1. The van der Waals surface area contributed by atoms with Crippen molar-refractivity contribution >= 4 is 202 Å². The Kier molecular flexibility index (Phi) is 31.1. The van der Waals surface area contributed by atoms with Crippen LogP contribution in [0.3, 0.4) is 0 Å². The van der Waals surface area contributed by atoms with Crippen molar-refractivity contribution in [2.45, 2.75) is 20.8 Å². The number of nitrogen functional groups attached to an aromatic ring is 12. The molecule has 15 rings (SSSR count). The number of halogens is 7. The largest absolute Gasteiger partial charge is 0.382 e. The zero-order chi connectivity index (χ0) is 85.4. The van der Waals surface area contributed by atoms with Gasteiger partial charge < -0.3 is 79.0 Å². The van der Waals surface area contributed by atoms with Crippen LogP contribution in [-0.2, 0) is 4.79 Å². The second kappa shape index (κ2) is 41.5. The molecular weight excluding hydrogens is 1790 g/mol. The summed E-state index contributed by atoms with van der Waals surface area (Å²) in [5, 5.41) is 60.3. The van der Waals surface area contributed by atoms with Crippen LogP contribution >= 0.6 is 96.5 Å². The number of aliphatic imine (C=N–C) groups is 1. The molecular formula is C74H69BrCl5IN36O. The number of nitrogens with zero attached hydrogens (tertiary/aromatic N) is 23. The quantitative estimate of drug-likeness (QED) is 0.0343. The van der Waals surface area contributed by atoms with Crippen molar-refractivity contribution in [2.24, 2.45) is 4.99 Å². The van der Waals surface area contributed by atoms with Crippen LogP contribution in [0.4, 0.5) is 82.4 Å². The molecule has 7 heterocycles. The van der Waals surface area contributed by atoms with Gasteiger partial charge >= 0.3 is 0 Å². The Hall–Kier alpha value is -13.7. The molecule has 600 valence electrons. The minimum atomic E-state index is -0.306. The Morgan fingerprint density at radius 1 is 0.390 bits per heavy atom. The van der Waals surface area contributed by atoms with Gasteiger partial charge in [-0.3, -0.25) is 4.79 Å². The van der Waals surface area contributed by atoms with Gasteiger partial charge in [0.05, 0.1) is 31.5 Å². The van der Waals surface area contributed by atoms with E-state index in [-0.39, 0.29) is 65.0 Å². The molecule has 7 aromatic heterocycles. The lowest BCUT2D eigenvalue weighted by molar-refractivity contribution is -0.114. The smallest absolute Gasteiger partial charge is 0.242 e. The van der Waals surface area contributed by atoms with Crippen LogP contribution in [0.1, 0.15) is 18.1 Å². The average Bonchev–Trinajstić information content (AvgIpc) is 0.791. The predicted octanol–water partition coefficient (Wildman–Crippen LogP) is 12.3. The number of nitrogens with one attached hydrogen (secondary N) is 1. The fourth-order valence-corrected chi connectivity index (χ4v) is 12.1. The van der Waals surface area contributed by atoms with Crippen molar-refractivity contribution in [3.63, 3.8) is 0 Å². The third-order valence-electron chi connectivity index (χ3n) is 15.2. The first-order valence-corrected chi connectivity index (χ1v) is 37.6. The van der Waals surface area contributed by atoms with Gasteiger partial charge in [-0.15, -0.1) is 71.4 Å². The van der Waals surface area contributed by atoms with Gasteiger partial charge in [0.15, 0.2) is 40.7 Å². The minimum Gasteiger partial charge on any atom is -0.382 e. The van der Waals surface area contributed by atoms with Crippen LogP contribution in [0, 0.1) is 17.4 Å². The highest BCUT2D eigenvalue weighted by Crippen LogP contribution is 2.39. The van der Waals surface area contributed by atoms with Gasteiger partial charge in [0, 0.05) is 68.0 Å². The molecule has 0 aliphatic carbocycles. The van der Waals surface area contributed by atoms with Crippen LogP contribution in [-0.4, -0.2) is 138 Å². The number of hydrogen-bond donors (Lipinski definition) is 13. The van der Waals surface area contributed by atoms with Crippen molar-refractivity contribution in [3.05, 3.63) is 214 Å². The van der Waals surface area contributed by atoms with Gasteiger partial charge in [-0.05, 0) is 89.2 Å². The van der Waals surface area contributed by atoms with Crippen LogP contribution < -0.4 is 74.1 Å². The molecule has 118 heavy (non-hydrogen) atoms. The number of hydrogen-bond acceptors (Lipinski definition) is 35. The van der Waals surface area contributed by atoms with Gasteiger partial charge in [0.25, 0.3) is 0 Å². The first-order chi connectivity index (χ1) is 56.3. The molecule has 0 radical (unpaired) electrons. The van der Waals surface area contributed by atoms with Crippen molar-refractivity contribution < 1.29 is 4.79 Å². The molecule has 0 unspecified atom stereocenters. The normalized spacial score (nSPS) is 10.4. The molecule has 1 amide bonds. The first-order valence-electron chi connectivity index (χ1n) is 33.8. The number of carbonyl (C=O) groups excluding carboxylic acids is 1. The third kappa shape index (κ3) is 24.0. The van der Waals surface area contributed by atoms with Crippen LogP contribution in [0.2, 0.25) is 25.1 Å². The molecule has 0 saturated carbocycles. The van der Waals surface area contributed by atoms with Crippen molar-refractivity contribution in [2.75, 3.05) is 88.2 Å². The Bertz CT molecular complexity index is 5900. The van der Waals surface area contributed by atoms with E-state index in [9.17, 15) is 4.79 Å². The van der Waals surface area contributed by atoms with Crippen molar-refractivity contribution in [1.29, 1.82) is 0 Å². The number of nitrogens with two attached hydrogens (primary N) is 12. The lowest BCUT2D eigenvalue weighted by Gasteiger charge is -2.09. The molecule has 0 saturated heterocycles. The minimum absolute atomic E-state index is 0.0396. The fourth-order valence-electron chi connectivity index (χ4n) is 10.0. The average molecular weight is 1860 g/mol. The van der Waals surface area contributed by atoms with Gasteiger partial charge in [-0.1, -0.05) is 213 Å². The van der Waals surface area contributed by atoms with E-state index in [2.05, 4.69) is 155 Å². The number of aryl methyl sites for hydroxylation is 2. The summed E-state index contributed by atoms with van der Waals surface area (Å²) in [6.45, 7) is 5.28. The summed E-state index contributed by atoms with van der Waals surface area (Å²) in [6.07, 6.45) is 1.59. The molecule has 0 bridgehead atoms. The third-order valence-corrected chi connectivity index (χ3v) is 18.8. The maximum atomic E-state index is 11.2. The molecule has 8 aromatic carbocycles. The van der Waals surface area contributed by atoms with E-state index in [0.717, 1.165) is 52.2 Å². The summed E-state index contributed by atoms with van der Waals surface area (Å²) in [6, 6.07) is 52.8. The SMILES string of the molecule is CC(=O)Nc1nc(N)nnc1-c1cccc(Cl)c1Cl.CN(C)C=Nc1nc(N)nnc1-c1cccc(Cl)c1Cl.Cc1ccc(Cl)c(-c2nnc(N)nc2N)c1.Cc1ccccc1-c1nnc(N)nc1N.Nc1nnc(-c2cccc3ccccc23)c(N)n1.Nc1nnc(-c2ccccc2Br)c(N)n1.Nc1nnc(-c2ccccc2I)c(N)n1. The Morgan fingerprint density at radius 3 is 1.25 bits per heavy atom. The number of benzene rings is 8. The van der Waals surface area contributed by atoms with E-state index >= 15 is 0 Å². The van der Waals surface area contributed by atoms with Crippen LogP contribution in [0.5, 0.6) is 0 Å². The molecule has 0 aliphatic heterocycles. The molecule has 37 nitrogen and oxygen atoms in total. The Balaban J connectivity index is 0.000000157. The van der Waals surface area contributed by atoms with Gasteiger partial charge in [0.1, 0.15) is 39.9 Å². The highest BCUT2D eigenvalue weighted by atomic mass is 127. The fraction of sp³-hybridized carbons (Fsp3) is 0.0676. The molecule has 0 aliphatic rings. The highest BCUT2D eigenvalue weighted by molar-refractivity contribution is 14.1. The molecule has 25 N–H and O–H groups in total. The number of amides is 1. The second-order valence-corrected chi connectivity index (χ2v) is 28.1. The highest BCUT2D eigenvalue weighted by Gasteiger charge is 2.20. The summed E-state index contributed by atoms with van der Waals surface area (Å²) >= 11 is 35.9. The maximum Gasteiger partial charge on any atom is 0.242 e. The predicted molar refractivity (Wildman–Crippen MR) is 478 cm³/mol. The summed E-state index contributed by atoms with van der Waals surface area (Å²) in [7, 11) is 3.68. The summed E-state index contributed by atoms with van der Waals surface area (Å²) in [4.78, 5) is 44.5. The monoisotopic (exact) mass is 1860 g/mol. The lowest BCUT2D eigenvalue weighted by atomic mass is 10.0. The molecule has 15 aromatic rings. The molecule has 0 spiro atoms. The van der Waals surface area contributed by atoms with E-state index in [1.54, 1.807) is 53.7 Å². The number of anilines is 13. The number of aromatic nitrogens is 21. The standard InChI is InChI=1S/C13H11N5.C12H12Cl2N6.C11H9Cl2N5O.C10H10ClN5.C10H11N5.C9H8BrN5.C9H8IN5/c14-12-11(17-18-13(15)16-12)10-7-3-5-8-4-1-2-6-9(8)10;1-20(2)6-16-11-10(18-19-12(15)17-11)7-4-3-5-8(13)9(7)14;1-5(19)15-10-9(17-18-11(14)16-10)6-3-2-4-7(12)8(6)13;1-5-2-3-7(11)6(4-5)8-9(12)14-10(13)16-15-8;1-6-4-2-3-5-7(6)8-9(11)13-10(12)15-14-8;2*10-6-4-2-1-3-5(6)7-8(11)13-9(12)15-14-7/h1-7H,(H4,14,15,16,18);3-6H,1-2H3,(H2,15,17,19);2-4H,1H3,(H3,14,15,16,18,19);2-4H,1H3,(H4,12,13,14,16);2-5H,1H3,(H4,11,12,13,15);2*1-4H,(H4,11,12,13,15). The second-order valence-electron chi connectivity index (χ2n) is 24.1. The summed E-state index contributed by atoms with van der Waals surface area (Å²) < 4.78 is 1.93. The summed E-state index contributed by atoms with van der Waals surface area (Å²) in [5.41, 5.74) is 77.6. The van der Waals surface area contributed by atoms with Crippen molar-refractivity contribution in [3.8, 4) is 78.8 Å². The van der Waals surface area contributed by atoms with Gasteiger partial charge in [0.2, 0.25) is 47.5 Å².